The first kappa shape index (κ1) is 19.2. The number of carbonyl (C=O) groups is 2. The monoisotopic (exact) mass is 359 g/mol. The van der Waals surface area contributed by atoms with E-state index in [2.05, 4.69) is 5.32 Å². The molecule has 0 unspecified atom stereocenters. The number of anilines is 1. The first-order valence-corrected chi connectivity index (χ1v) is 8.30. The van der Waals surface area contributed by atoms with Gasteiger partial charge in [-0.2, -0.15) is 0 Å². The Morgan fingerprint density at radius 1 is 1.24 bits per heavy atom. The highest BCUT2D eigenvalue weighted by molar-refractivity contribution is 5.93. The van der Waals surface area contributed by atoms with Crippen LogP contribution >= 0.6 is 0 Å². The van der Waals surface area contributed by atoms with Crippen molar-refractivity contribution in [2.24, 2.45) is 5.92 Å². The Morgan fingerprint density at radius 3 is 2.48 bits per heavy atom. The largest absolute Gasteiger partial charge is 0.466 e. The average Bonchev–Trinajstić information content (AvgIpc) is 2.61. The van der Waals surface area contributed by atoms with Crippen LogP contribution in [-0.4, -0.2) is 37.6 Å². The lowest BCUT2D eigenvalue weighted by Gasteiger charge is -2.31. The van der Waals surface area contributed by atoms with Gasteiger partial charge in [0.05, 0.1) is 31.3 Å². The molecule has 138 valence electrons. The van der Waals surface area contributed by atoms with E-state index in [4.69, 9.17) is 4.74 Å². The van der Waals surface area contributed by atoms with Crippen molar-refractivity contribution in [3.05, 3.63) is 29.6 Å². The van der Waals surface area contributed by atoms with Gasteiger partial charge in [-0.3, -0.25) is 9.59 Å². The van der Waals surface area contributed by atoms with E-state index in [-0.39, 0.29) is 11.9 Å². The molecule has 1 aliphatic rings. The van der Waals surface area contributed by atoms with Crippen LogP contribution in [0.1, 0.15) is 26.7 Å². The maximum Gasteiger partial charge on any atom is 0.309 e. The van der Waals surface area contributed by atoms with Crippen molar-refractivity contribution in [1.29, 1.82) is 0 Å². The second-order valence-corrected chi connectivity index (χ2v) is 6.12. The SMILES string of the molecule is CCOC(=O)C1CC[NH+]([C@@H](C)C(=O)Nc2ccc(F)c(F)c2F)CC1. The predicted molar refractivity (Wildman–Crippen MR) is 84.5 cm³/mol. The topological polar surface area (TPSA) is 59.8 Å². The number of carbonyl (C=O) groups excluding carboxylic acids is 2. The lowest BCUT2D eigenvalue weighted by molar-refractivity contribution is -0.919. The van der Waals surface area contributed by atoms with E-state index in [0.29, 0.717) is 32.5 Å². The number of rotatable bonds is 5. The van der Waals surface area contributed by atoms with E-state index in [0.717, 1.165) is 17.0 Å². The highest BCUT2D eigenvalue weighted by Crippen LogP contribution is 2.19. The van der Waals surface area contributed by atoms with Gasteiger partial charge in [0, 0.05) is 12.8 Å². The molecule has 8 heteroatoms. The molecular formula is C17H22F3N2O3+. The van der Waals surface area contributed by atoms with Crippen LogP contribution in [0, 0.1) is 23.4 Å². The third kappa shape index (κ3) is 4.50. The van der Waals surface area contributed by atoms with Crippen molar-refractivity contribution < 1.29 is 32.4 Å². The number of quaternary nitrogens is 1. The smallest absolute Gasteiger partial charge is 0.309 e. The third-order valence-corrected chi connectivity index (χ3v) is 4.55. The Bertz CT molecular complexity index is 646. The minimum atomic E-state index is -1.62. The second-order valence-electron chi connectivity index (χ2n) is 6.12. The van der Waals surface area contributed by atoms with Crippen molar-refractivity contribution in [1.82, 2.24) is 0 Å². The standard InChI is InChI=1S/C17H21F3N2O3/c1-3-25-17(24)11-6-8-22(9-7-11)10(2)16(23)21-13-5-4-12(18)14(19)15(13)20/h4-5,10-11H,3,6-9H2,1-2H3,(H,21,23)/p+1/t10-/m0/s1. The first-order chi connectivity index (χ1) is 11.8. The van der Waals surface area contributed by atoms with E-state index < -0.39 is 35.1 Å². The van der Waals surface area contributed by atoms with Gasteiger partial charge in [0.1, 0.15) is 0 Å². The first-order valence-electron chi connectivity index (χ1n) is 8.30. The zero-order valence-corrected chi connectivity index (χ0v) is 14.2. The number of amides is 1. The lowest BCUT2D eigenvalue weighted by atomic mass is 9.96. The highest BCUT2D eigenvalue weighted by atomic mass is 19.2. The van der Waals surface area contributed by atoms with E-state index in [1.54, 1.807) is 13.8 Å². The lowest BCUT2D eigenvalue weighted by Crippen LogP contribution is -3.17. The fraction of sp³-hybridized carbons (Fsp3) is 0.529. The van der Waals surface area contributed by atoms with Crippen LogP contribution in [0.2, 0.25) is 0 Å². The van der Waals surface area contributed by atoms with Crippen LogP contribution in [0.4, 0.5) is 18.9 Å². The molecule has 1 aromatic carbocycles. The van der Waals surface area contributed by atoms with Gasteiger partial charge in [0.15, 0.2) is 23.5 Å². The van der Waals surface area contributed by atoms with Crippen LogP contribution in [0.5, 0.6) is 0 Å². The molecular weight excluding hydrogens is 337 g/mol. The van der Waals surface area contributed by atoms with Crippen LogP contribution in [0.15, 0.2) is 12.1 Å². The molecule has 5 nitrogen and oxygen atoms in total. The van der Waals surface area contributed by atoms with Crippen LogP contribution < -0.4 is 10.2 Å². The summed E-state index contributed by atoms with van der Waals surface area (Å²) in [6.45, 7) is 4.95. The predicted octanol–water partition coefficient (Wildman–Crippen LogP) is 1.29. The zero-order valence-electron chi connectivity index (χ0n) is 14.2. The second kappa shape index (κ2) is 8.33. The molecule has 0 radical (unpaired) electrons. The molecule has 0 bridgehead atoms. The third-order valence-electron chi connectivity index (χ3n) is 4.55. The summed E-state index contributed by atoms with van der Waals surface area (Å²) in [4.78, 5) is 24.9. The fourth-order valence-electron chi connectivity index (χ4n) is 2.97. The van der Waals surface area contributed by atoms with E-state index in [9.17, 15) is 22.8 Å². The maximum atomic E-state index is 13.7. The summed E-state index contributed by atoms with van der Waals surface area (Å²) < 4.78 is 44.8. The maximum absolute atomic E-state index is 13.7. The molecule has 25 heavy (non-hydrogen) atoms. The van der Waals surface area contributed by atoms with Gasteiger partial charge in [0.2, 0.25) is 0 Å². The molecule has 1 saturated heterocycles. The number of esters is 1. The molecule has 0 aromatic heterocycles. The summed E-state index contributed by atoms with van der Waals surface area (Å²) in [6.07, 6.45) is 1.21. The molecule has 1 atom stereocenters. The van der Waals surface area contributed by atoms with Gasteiger partial charge < -0.3 is 15.0 Å². The zero-order chi connectivity index (χ0) is 18.6. The fourth-order valence-corrected chi connectivity index (χ4v) is 2.97. The Morgan fingerprint density at radius 2 is 1.88 bits per heavy atom. The molecule has 1 heterocycles. The van der Waals surface area contributed by atoms with E-state index >= 15 is 0 Å². The van der Waals surface area contributed by atoms with Gasteiger partial charge in [-0.05, 0) is 26.0 Å². The summed E-state index contributed by atoms with van der Waals surface area (Å²) in [5, 5.41) is 2.30. The molecule has 2 rings (SSSR count). The van der Waals surface area contributed by atoms with Gasteiger partial charge in [-0.15, -0.1) is 0 Å². The van der Waals surface area contributed by atoms with Gasteiger partial charge in [0.25, 0.3) is 5.91 Å². The minimum Gasteiger partial charge on any atom is -0.466 e. The minimum absolute atomic E-state index is 0.164. The van der Waals surface area contributed by atoms with Crippen LogP contribution in [0.3, 0.4) is 0 Å². The summed E-state index contributed by atoms with van der Waals surface area (Å²) in [5.41, 5.74) is -0.392. The number of nitrogens with one attached hydrogen (secondary N) is 2. The Kier molecular flexibility index (Phi) is 6.41. The van der Waals surface area contributed by atoms with Gasteiger partial charge >= 0.3 is 5.97 Å². The number of halogens is 3. The quantitative estimate of drug-likeness (QED) is 0.615. The Hall–Kier alpha value is -2.09. The number of ether oxygens (including phenoxy) is 1. The molecule has 2 N–H and O–H groups in total. The Balaban J connectivity index is 1.93. The molecule has 1 fully saturated rings. The summed E-state index contributed by atoms with van der Waals surface area (Å²) in [6, 6.07) is 1.23. The molecule has 1 aromatic rings. The van der Waals surface area contributed by atoms with E-state index in [1.807, 2.05) is 0 Å². The van der Waals surface area contributed by atoms with Crippen molar-refractivity contribution >= 4 is 17.6 Å². The number of piperidine rings is 1. The molecule has 1 aliphatic heterocycles. The number of benzene rings is 1. The normalized spacial score (nSPS) is 21.5. The van der Waals surface area contributed by atoms with Crippen molar-refractivity contribution in [3.63, 3.8) is 0 Å². The number of likely N-dealkylation sites (tertiary alicyclic amines) is 1. The van der Waals surface area contributed by atoms with Crippen LogP contribution in [-0.2, 0) is 14.3 Å². The molecule has 1 amide bonds. The van der Waals surface area contributed by atoms with Gasteiger partial charge in [-0.25, -0.2) is 13.2 Å². The summed E-state index contributed by atoms with van der Waals surface area (Å²) in [5.74, 6) is -5.22. The van der Waals surface area contributed by atoms with Crippen LogP contribution in [0.25, 0.3) is 0 Å². The number of hydrogen-bond acceptors (Lipinski definition) is 3. The highest BCUT2D eigenvalue weighted by Gasteiger charge is 2.33. The van der Waals surface area contributed by atoms with Crippen molar-refractivity contribution in [2.45, 2.75) is 32.7 Å². The average molecular weight is 359 g/mol. The summed E-state index contributed by atoms with van der Waals surface area (Å²) >= 11 is 0. The van der Waals surface area contributed by atoms with E-state index in [1.165, 1.54) is 0 Å². The molecule has 0 aliphatic carbocycles. The van der Waals surface area contributed by atoms with Crippen molar-refractivity contribution in [3.8, 4) is 0 Å². The molecule has 0 spiro atoms. The summed E-state index contributed by atoms with van der Waals surface area (Å²) in [7, 11) is 0. The Labute approximate surface area is 144 Å². The molecule has 0 saturated carbocycles. The van der Waals surface area contributed by atoms with Crippen molar-refractivity contribution in [2.75, 3.05) is 25.0 Å². The number of hydrogen-bond donors (Lipinski definition) is 2. The van der Waals surface area contributed by atoms with Gasteiger partial charge in [-0.1, -0.05) is 0 Å².